The molecule has 18 heavy (non-hydrogen) atoms. The lowest BCUT2D eigenvalue weighted by atomic mass is 10.0. The molecule has 6 heteroatoms. The van der Waals surface area contributed by atoms with Crippen molar-refractivity contribution in [1.82, 2.24) is 15.0 Å². The highest BCUT2D eigenvalue weighted by Gasteiger charge is 2.25. The van der Waals surface area contributed by atoms with Crippen LogP contribution in [0.5, 0.6) is 0 Å². The molecule has 0 spiro atoms. The van der Waals surface area contributed by atoms with Crippen molar-refractivity contribution >= 4 is 0 Å². The van der Waals surface area contributed by atoms with Gasteiger partial charge < -0.3 is 19.3 Å². The van der Waals surface area contributed by atoms with Crippen LogP contribution in [0.15, 0.2) is 4.52 Å². The van der Waals surface area contributed by atoms with Gasteiger partial charge in [-0.05, 0) is 13.0 Å². The largest absolute Gasteiger partial charge is 0.392 e. The minimum atomic E-state index is -0.451. The van der Waals surface area contributed by atoms with Crippen molar-refractivity contribution in [3.8, 4) is 0 Å². The molecule has 1 aliphatic rings. The highest BCUT2D eigenvalue weighted by molar-refractivity contribution is 4.95. The first kappa shape index (κ1) is 13.5. The molecule has 0 aromatic carbocycles. The van der Waals surface area contributed by atoms with Crippen LogP contribution < -0.4 is 0 Å². The number of hydrogen-bond donors (Lipinski definition) is 1. The van der Waals surface area contributed by atoms with E-state index < -0.39 is 6.10 Å². The molecule has 1 fully saturated rings. The lowest BCUT2D eigenvalue weighted by Gasteiger charge is -2.27. The number of nitrogens with zero attached hydrogens (tertiary/aromatic N) is 3. The summed E-state index contributed by atoms with van der Waals surface area (Å²) >= 11 is 0. The van der Waals surface area contributed by atoms with Gasteiger partial charge in [-0.15, -0.1) is 0 Å². The van der Waals surface area contributed by atoms with Gasteiger partial charge in [0, 0.05) is 13.1 Å². The van der Waals surface area contributed by atoms with Crippen LogP contribution in [0.1, 0.15) is 31.7 Å². The maximum absolute atomic E-state index is 9.77. The molecule has 1 aromatic rings. The Morgan fingerprint density at radius 1 is 1.50 bits per heavy atom. The van der Waals surface area contributed by atoms with Gasteiger partial charge in [-0.3, -0.25) is 0 Å². The SMILES string of the molecule is CC(C)C(O)Cc1nc(C2CN(C)CCO2)no1. The van der Waals surface area contributed by atoms with Crippen molar-refractivity contribution in [3.63, 3.8) is 0 Å². The number of hydrogen-bond acceptors (Lipinski definition) is 6. The van der Waals surface area contributed by atoms with Gasteiger partial charge in [0.1, 0.15) is 6.10 Å². The van der Waals surface area contributed by atoms with Crippen molar-refractivity contribution in [2.24, 2.45) is 5.92 Å². The Morgan fingerprint density at radius 2 is 2.28 bits per heavy atom. The molecule has 2 unspecified atom stereocenters. The predicted molar refractivity (Wildman–Crippen MR) is 65.0 cm³/mol. The molecule has 0 bridgehead atoms. The summed E-state index contributed by atoms with van der Waals surface area (Å²) < 4.78 is 10.8. The number of rotatable bonds is 4. The van der Waals surface area contributed by atoms with Gasteiger partial charge in [-0.2, -0.15) is 4.98 Å². The molecule has 6 nitrogen and oxygen atoms in total. The van der Waals surface area contributed by atoms with Crippen LogP contribution >= 0.6 is 0 Å². The quantitative estimate of drug-likeness (QED) is 0.851. The summed E-state index contributed by atoms with van der Waals surface area (Å²) in [6, 6.07) is 0. The lowest BCUT2D eigenvalue weighted by Crippen LogP contribution is -2.35. The number of aromatic nitrogens is 2. The summed E-state index contributed by atoms with van der Waals surface area (Å²) in [5.41, 5.74) is 0. The average molecular weight is 255 g/mol. The van der Waals surface area contributed by atoms with E-state index in [2.05, 4.69) is 15.0 Å². The maximum Gasteiger partial charge on any atom is 0.229 e. The zero-order valence-corrected chi connectivity index (χ0v) is 11.2. The van der Waals surface area contributed by atoms with Gasteiger partial charge in [0.25, 0.3) is 0 Å². The Labute approximate surface area is 107 Å². The van der Waals surface area contributed by atoms with Crippen LogP contribution in [0, 0.1) is 5.92 Å². The Morgan fingerprint density at radius 3 is 2.94 bits per heavy atom. The highest BCUT2D eigenvalue weighted by Crippen LogP contribution is 2.19. The smallest absolute Gasteiger partial charge is 0.229 e. The minimum Gasteiger partial charge on any atom is -0.392 e. The fourth-order valence-corrected chi connectivity index (χ4v) is 1.83. The van der Waals surface area contributed by atoms with E-state index in [1.165, 1.54) is 0 Å². The van der Waals surface area contributed by atoms with Crippen molar-refractivity contribution in [1.29, 1.82) is 0 Å². The van der Waals surface area contributed by atoms with E-state index in [1.54, 1.807) is 0 Å². The highest BCUT2D eigenvalue weighted by atomic mass is 16.5. The lowest BCUT2D eigenvalue weighted by molar-refractivity contribution is -0.0264. The van der Waals surface area contributed by atoms with Crippen LogP contribution in [0.25, 0.3) is 0 Å². The average Bonchev–Trinajstić information content (AvgIpc) is 2.77. The Kier molecular flexibility index (Phi) is 4.31. The van der Waals surface area contributed by atoms with Gasteiger partial charge in [-0.1, -0.05) is 19.0 Å². The third-order valence-corrected chi connectivity index (χ3v) is 3.19. The van der Waals surface area contributed by atoms with Gasteiger partial charge >= 0.3 is 0 Å². The topological polar surface area (TPSA) is 71.6 Å². The van der Waals surface area contributed by atoms with Gasteiger partial charge in [0.2, 0.25) is 11.7 Å². The molecule has 2 rings (SSSR count). The number of morpholine rings is 1. The zero-order valence-electron chi connectivity index (χ0n) is 11.2. The monoisotopic (exact) mass is 255 g/mol. The summed E-state index contributed by atoms with van der Waals surface area (Å²) in [5, 5.41) is 13.7. The van der Waals surface area contributed by atoms with E-state index in [9.17, 15) is 5.11 Å². The number of aliphatic hydroxyl groups is 1. The fraction of sp³-hybridized carbons (Fsp3) is 0.833. The maximum atomic E-state index is 9.77. The van der Waals surface area contributed by atoms with E-state index in [-0.39, 0.29) is 12.0 Å². The van der Waals surface area contributed by atoms with E-state index in [0.29, 0.717) is 24.7 Å². The van der Waals surface area contributed by atoms with Crippen molar-refractivity contribution in [3.05, 3.63) is 11.7 Å². The molecule has 1 aromatic heterocycles. The van der Waals surface area contributed by atoms with Crippen LogP contribution in [0.2, 0.25) is 0 Å². The molecule has 1 saturated heterocycles. The van der Waals surface area contributed by atoms with E-state index >= 15 is 0 Å². The van der Waals surface area contributed by atoms with Crippen molar-refractivity contribution < 1.29 is 14.4 Å². The van der Waals surface area contributed by atoms with Crippen molar-refractivity contribution in [2.75, 3.05) is 26.7 Å². The first-order valence-corrected chi connectivity index (χ1v) is 6.37. The molecule has 102 valence electrons. The molecule has 1 N–H and O–H groups in total. The van der Waals surface area contributed by atoms with Crippen molar-refractivity contribution in [2.45, 2.75) is 32.5 Å². The van der Waals surface area contributed by atoms with Crippen LogP contribution in [-0.4, -0.2) is 53.0 Å². The number of ether oxygens (including phenoxy) is 1. The Balaban J connectivity index is 1.97. The number of aliphatic hydroxyl groups excluding tert-OH is 1. The normalized spacial score (nSPS) is 23.5. The fourth-order valence-electron chi connectivity index (χ4n) is 1.83. The van der Waals surface area contributed by atoms with E-state index in [0.717, 1.165) is 13.1 Å². The third-order valence-electron chi connectivity index (χ3n) is 3.19. The van der Waals surface area contributed by atoms with Crippen LogP contribution in [-0.2, 0) is 11.2 Å². The first-order chi connectivity index (χ1) is 8.56. The number of likely N-dealkylation sites (N-methyl/N-ethyl adjacent to an activating group) is 1. The Bertz CT molecular complexity index is 380. The zero-order chi connectivity index (χ0) is 13.1. The van der Waals surface area contributed by atoms with E-state index in [4.69, 9.17) is 9.26 Å². The van der Waals surface area contributed by atoms with Gasteiger partial charge in [0.15, 0.2) is 0 Å². The minimum absolute atomic E-state index is 0.127. The second kappa shape index (κ2) is 5.77. The summed E-state index contributed by atoms with van der Waals surface area (Å²) in [6.45, 7) is 6.29. The van der Waals surface area contributed by atoms with Crippen LogP contribution in [0.4, 0.5) is 0 Å². The second-order valence-corrected chi connectivity index (χ2v) is 5.18. The summed E-state index contributed by atoms with van der Waals surface area (Å²) in [7, 11) is 2.04. The predicted octanol–water partition coefficient (Wildman–Crippen LogP) is 0.632. The molecule has 0 radical (unpaired) electrons. The summed E-state index contributed by atoms with van der Waals surface area (Å²) in [4.78, 5) is 6.48. The second-order valence-electron chi connectivity index (χ2n) is 5.18. The molecule has 0 saturated carbocycles. The molecule has 2 atom stereocenters. The molecule has 1 aliphatic heterocycles. The molecule has 2 heterocycles. The summed E-state index contributed by atoms with van der Waals surface area (Å²) in [5.74, 6) is 1.23. The first-order valence-electron chi connectivity index (χ1n) is 6.37. The summed E-state index contributed by atoms with van der Waals surface area (Å²) in [6.07, 6.45) is -0.182. The molecular formula is C12H21N3O3. The standard InChI is InChI=1S/C12H21N3O3/c1-8(2)9(16)6-11-13-12(14-18-11)10-7-15(3)4-5-17-10/h8-10,16H,4-7H2,1-3H3. The van der Waals surface area contributed by atoms with Crippen LogP contribution in [0.3, 0.4) is 0 Å². The third kappa shape index (κ3) is 3.28. The molecule has 0 amide bonds. The molecular weight excluding hydrogens is 234 g/mol. The molecule has 0 aliphatic carbocycles. The van der Waals surface area contributed by atoms with E-state index in [1.807, 2.05) is 20.9 Å². The van der Waals surface area contributed by atoms with Gasteiger partial charge in [-0.25, -0.2) is 0 Å². The Hall–Kier alpha value is -0.980. The van der Waals surface area contributed by atoms with Gasteiger partial charge in [0.05, 0.1) is 19.1 Å².